The van der Waals surface area contributed by atoms with E-state index in [0.717, 1.165) is 19.4 Å². The highest BCUT2D eigenvalue weighted by Gasteiger charge is 2.03. The maximum atomic E-state index is 4.48. The second-order valence-electron chi connectivity index (χ2n) is 3.05. The highest BCUT2D eigenvalue weighted by Crippen LogP contribution is 2.07. The molecule has 0 unspecified atom stereocenters. The lowest BCUT2D eigenvalue weighted by Gasteiger charge is -2.00. The summed E-state index contributed by atoms with van der Waals surface area (Å²) in [7, 11) is 0. The van der Waals surface area contributed by atoms with Crippen molar-refractivity contribution in [3.8, 4) is 0 Å². The summed E-state index contributed by atoms with van der Waals surface area (Å²) in [6.07, 6.45) is 3.40. The Balaban J connectivity index is 2.84. The van der Waals surface area contributed by atoms with Crippen LogP contribution in [-0.2, 0) is 19.4 Å². The van der Waals surface area contributed by atoms with Gasteiger partial charge in [0.05, 0.1) is 5.69 Å². The molecular formula is C10H18N2. The van der Waals surface area contributed by atoms with E-state index in [9.17, 15) is 0 Å². The van der Waals surface area contributed by atoms with Gasteiger partial charge in [0, 0.05) is 12.2 Å². The molecule has 2 heteroatoms. The monoisotopic (exact) mass is 166 g/mol. The Kier molecular flexibility index (Phi) is 3.32. The van der Waals surface area contributed by atoms with Crippen LogP contribution in [0.25, 0.3) is 0 Å². The molecule has 0 aliphatic heterocycles. The Labute approximate surface area is 74.6 Å². The van der Waals surface area contributed by atoms with E-state index in [1.54, 1.807) is 0 Å². The Morgan fingerprint density at radius 3 is 2.58 bits per heavy atom. The second-order valence-corrected chi connectivity index (χ2v) is 3.05. The lowest BCUT2D eigenvalue weighted by atomic mass is 10.2. The van der Waals surface area contributed by atoms with Gasteiger partial charge in [-0.1, -0.05) is 20.3 Å². The minimum Gasteiger partial charge on any atom is -0.270 e. The Hall–Kier alpha value is -0.790. The van der Waals surface area contributed by atoms with Crippen LogP contribution in [0, 0.1) is 0 Å². The standard InChI is InChI=1S/C10H18N2/c1-4-7-10-8-9(5-2)11-12(10)6-3/h8H,4-7H2,1-3H3. The summed E-state index contributed by atoms with van der Waals surface area (Å²) in [5.41, 5.74) is 2.61. The van der Waals surface area contributed by atoms with Crippen molar-refractivity contribution in [2.24, 2.45) is 0 Å². The number of hydrogen-bond acceptors (Lipinski definition) is 1. The van der Waals surface area contributed by atoms with Gasteiger partial charge in [-0.15, -0.1) is 0 Å². The van der Waals surface area contributed by atoms with Crippen molar-refractivity contribution >= 4 is 0 Å². The Morgan fingerprint density at radius 1 is 1.33 bits per heavy atom. The summed E-state index contributed by atoms with van der Waals surface area (Å²) in [6.45, 7) is 7.50. The van der Waals surface area contributed by atoms with Crippen LogP contribution in [0.4, 0.5) is 0 Å². The van der Waals surface area contributed by atoms with E-state index in [4.69, 9.17) is 0 Å². The van der Waals surface area contributed by atoms with E-state index in [-0.39, 0.29) is 0 Å². The Morgan fingerprint density at radius 2 is 2.08 bits per heavy atom. The maximum Gasteiger partial charge on any atom is 0.0624 e. The predicted octanol–water partition coefficient (Wildman–Crippen LogP) is 2.42. The molecule has 1 rings (SSSR count). The zero-order chi connectivity index (χ0) is 8.97. The quantitative estimate of drug-likeness (QED) is 0.671. The van der Waals surface area contributed by atoms with Crippen LogP contribution in [0.5, 0.6) is 0 Å². The molecule has 0 fully saturated rings. The SMILES string of the molecule is CCCc1cc(CC)nn1CC. The first kappa shape index (κ1) is 9.30. The molecule has 1 heterocycles. The van der Waals surface area contributed by atoms with E-state index < -0.39 is 0 Å². The smallest absolute Gasteiger partial charge is 0.0624 e. The zero-order valence-corrected chi connectivity index (χ0v) is 8.30. The molecule has 0 radical (unpaired) electrons. The fourth-order valence-corrected chi connectivity index (χ4v) is 1.42. The fourth-order valence-electron chi connectivity index (χ4n) is 1.42. The van der Waals surface area contributed by atoms with Crippen molar-refractivity contribution < 1.29 is 0 Å². The zero-order valence-electron chi connectivity index (χ0n) is 8.30. The van der Waals surface area contributed by atoms with Gasteiger partial charge in [-0.3, -0.25) is 4.68 Å². The van der Waals surface area contributed by atoms with E-state index >= 15 is 0 Å². The van der Waals surface area contributed by atoms with Gasteiger partial charge in [-0.25, -0.2) is 0 Å². The van der Waals surface area contributed by atoms with Crippen molar-refractivity contribution in [1.29, 1.82) is 0 Å². The van der Waals surface area contributed by atoms with Crippen molar-refractivity contribution in [2.45, 2.75) is 46.6 Å². The molecule has 2 nitrogen and oxygen atoms in total. The molecule has 0 spiro atoms. The van der Waals surface area contributed by atoms with Crippen molar-refractivity contribution in [2.75, 3.05) is 0 Å². The maximum absolute atomic E-state index is 4.48. The predicted molar refractivity (Wildman–Crippen MR) is 51.3 cm³/mol. The van der Waals surface area contributed by atoms with Crippen LogP contribution in [0.3, 0.4) is 0 Å². The number of aryl methyl sites for hydroxylation is 3. The van der Waals surface area contributed by atoms with E-state index in [2.05, 4.69) is 36.6 Å². The normalized spacial score (nSPS) is 10.6. The summed E-state index contributed by atoms with van der Waals surface area (Å²) >= 11 is 0. The first-order valence-electron chi connectivity index (χ1n) is 4.87. The van der Waals surface area contributed by atoms with Gasteiger partial charge in [0.25, 0.3) is 0 Å². The second kappa shape index (κ2) is 4.29. The molecule has 0 bridgehead atoms. The van der Waals surface area contributed by atoms with Crippen molar-refractivity contribution in [1.82, 2.24) is 9.78 Å². The van der Waals surface area contributed by atoms with Gasteiger partial charge in [0.1, 0.15) is 0 Å². The molecule has 0 aliphatic rings. The van der Waals surface area contributed by atoms with Crippen LogP contribution in [0.2, 0.25) is 0 Å². The third kappa shape index (κ3) is 1.87. The third-order valence-electron chi connectivity index (χ3n) is 2.08. The molecule has 0 amide bonds. The minimum absolute atomic E-state index is 0.995. The van der Waals surface area contributed by atoms with Crippen LogP contribution >= 0.6 is 0 Å². The summed E-state index contributed by atoms with van der Waals surface area (Å²) in [5, 5.41) is 4.48. The molecule has 1 aromatic rings. The van der Waals surface area contributed by atoms with Crippen LogP contribution in [0.1, 0.15) is 38.6 Å². The van der Waals surface area contributed by atoms with E-state index in [0.29, 0.717) is 0 Å². The number of aromatic nitrogens is 2. The van der Waals surface area contributed by atoms with Gasteiger partial charge in [0.15, 0.2) is 0 Å². The molecule has 12 heavy (non-hydrogen) atoms. The molecule has 0 atom stereocenters. The Bertz CT molecular complexity index is 238. The summed E-state index contributed by atoms with van der Waals surface area (Å²) < 4.78 is 2.11. The highest BCUT2D eigenvalue weighted by atomic mass is 15.3. The van der Waals surface area contributed by atoms with Crippen LogP contribution in [0.15, 0.2) is 6.07 Å². The lowest BCUT2D eigenvalue weighted by Crippen LogP contribution is -2.02. The molecule has 0 saturated carbocycles. The number of rotatable bonds is 4. The molecule has 68 valence electrons. The first-order valence-corrected chi connectivity index (χ1v) is 4.87. The van der Waals surface area contributed by atoms with Crippen LogP contribution < -0.4 is 0 Å². The van der Waals surface area contributed by atoms with Gasteiger partial charge in [-0.2, -0.15) is 5.10 Å². The van der Waals surface area contributed by atoms with Crippen molar-refractivity contribution in [3.05, 3.63) is 17.5 Å². The average molecular weight is 166 g/mol. The first-order chi connectivity index (χ1) is 5.81. The van der Waals surface area contributed by atoms with Gasteiger partial charge < -0.3 is 0 Å². The average Bonchev–Trinajstić information content (AvgIpc) is 2.48. The van der Waals surface area contributed by atoms with Crippen LogP contribution in [-0.4, -0.2) is 9.78 Å². The van der Waals surface area contributed by atoms with Gasteiger partial charge in [0.2, 0.25) is 0 Å². The summed E-state index contributed by atoms with van der Waals surface area (Å²) in [6, 6.07) is 2.23. The molecule has 1 aromatic heterocycles. The van der Waals surface area contributed by atoms with E-state index in [1.807, 2.05) is 0 Å². The van der Waals surface area contributed by atoms with Gasteiger partial charge >= 0.3 is 0 Å². The fraction of sp³-hybridized carbons (Fsp3) is 0.700. The third-order valence-corrected chi connectivity index (χ3v) is 2.08. The number of hydrogen-bond donors (Lipinski definition) is 0. The molecule has 0 N–H and O–H groups in total. The van der Waals surface area contributed by atoms with E-state index in [1.165, 1.54) is 17.8 Å². The molecular weight excluding hydrogens is 148 g/mol. The molecule has 0 aromatic carbocycles. The molecule has 0 saturated heterocycles. The summed E-state index contributed by atoms with van der Waals surface area (Å²) in [5.74, 6) is 0. The topological polar surface area (TPSA) is 17.8 Å². The minimum atomic E-state index is 0.995. The largest absolute Gasteiger partial charge is 0.270 e. The number of nitrogens with zero attached hydrogens (tertiary/aromatic N) is 2. The molecule has 0 aliphatic carbocycles. The summed E-state index contributed by atoms with van der Waals surface area (Å²) in [4.78, 5) is 0. The van der Waals surface area contributed by atoms with Gasteiger partial charge in [-0.05, 0) is 25.8 Å². The lowest BCUT2D eigenvalue weighted by molar-refractivity contribution is 0.609. The highest BCUT2D eigenvalue weighted by molar-refractivity contribution is 5.10. The van der Waals surface area contributed by atoms with Crippen molar-refractivity contribution in [3.63, 3.8) is 0 Å².